The first kappa shape index (κ1) is 64.4. The predicted octanol–water partition coefficient (Wildman–Crippen LogP) is 19.8. The summed E-state index contributed by atoms with van der Waals surface area (Å²) < 4.78 is 16.9. The van der Waals surface area contributed by atoms with Crippen molar-refractivity contribution in [3.05, 3.63) is 0 Å². The zero-order valence-electron chi connectivity index (χ0n) is 45.2. The zero-order chi connectivity index (χ0) is 48.1. The van der Waals surface area contributed by atoms with E-state index >= 15 is 0 Å². The van der Waals surface area contributed by atoms with Crippen molar-refractivity contribution >= 4 is 17.9 Å². The molecule has 0 aromatic rings. The highest BCUT2D eigenvalue weighted by Gasteiger charge is 2.19. The molecule has 0 aromatic heterocycles. The summed E-state index contributed by atoms with van der Waals surface area (Å²) in [6.07, 6.45) is 59.5. The van der Waals surface area contributed by atoms with Crippen LogP contribution in [0.1, 0.15) is 342 Å². The monoisotopic (exact) mass is 933 g/mol. The van der Waals surface area contributed by atoms with Crippen molar-refractivity contribution < 1.29 is 28.6 Å². The molecule has 0 aromatic carbocycles. The maximum absolute atomic E-state index is 12.9. The lowest BCUT2D eigenvalue weighted by atomic mass is 10.0. The molecule has 0 N–H and O–H groups in total. The number of ether oxygens (including phenoxy) is 3. The summed E-state index contributed by atoms with van der Waals surface area (Å²) >= 11 is 0. The predicted molar refractivity (Wildman–Crippen MR) is 284 cm³/mol. The number of rotatable bonds is 55. The van der Waals surface area contributed by atoms with Crippen LogP contribution < -0.4 is 0 Å². The van der Waals surface area contributed by atoms with Gasteiger partial charge in [-0.1, -0.05) is 304 Å². The highest BCUT2D eigenvalue weighted by atomic mass is 16.6. The van der Waals surface area contributed by atoms with Crippen molar-refractivity contribution in [2.45, 2.75) is 348 Å². The van der Waals surface area contributed by atoms with Crippen LogP contribution in [0.4, 0.5) is 0 Å². The molecular weight excluding hydrogens is 817 g/mol. The first-order valence-electron chi connectivity index (χ1n) is 29.9. The van der Waals surface area contributed by atoms with E-state index in [9.17, 15) is 14.4 Å². The van der Waals surface area contributed by atoms with Crippen LogP contribution in [0.15, 0.2) is 0 Å². The average Bonchev–Trinajstić information content (AvgIpc) is 3.30. The lowest BCUT2D eigenvalue weighted by molar-refractivity contribution is -0.167. The Balaban J connectivity index is 4.27. The minimum atomic E-state index is -0.762. The Bertz CT molecular complexity index is 996. The van der Waals surface area contributed by atoms with Gasteiger partial charge in [0.2, 0.25) is 0 Å². The maximum atomic E-state index is 12.9. The van der Waals surface area contributed by atoms with E-state index in [-0.39, 0.29) is 31.1 Å². The van der Waals surface area contributed by atoms with Crippen molar-refractivity contribution in [2.24, 2.45) is 5.92 Å². The van der Waals surface area contributed by atoms with Crippen LogP contribution in [-0.4, -0.2) is 37.2 Å². The minimum Gasteiger partial charge on any atom is -0.462 e. The molecule has 6 nitrogen and oxygen atoms in total. The molecule has 66 heavy (non-hydrogen) atoms. The lowest BCUT2D eigenvalue weighted by Crippen LogP contribution is -2.30. The second-order valence-corrected chi connectivity index (χ2v) is 21.1. The molecule has 0 saturated carbocycles. The molecule has 0 bridgehead atoms. The third-order valence-corrected chi connectivity index (χ3v) is 13.8. The summed E-state index contributed by atoms with van der Waals surface area (Å²) in [6, 6.07) is 0. The summed E-state index contributed by atoms with van der Waals surface area (Å²) in [5.74, 6) is -0.00683. The van der Waals surface area contributed by atoms with Gasteiger partial charge >= 0.3 is 17.9 Å². The molecule has 0 radical (unpaired) electrons. The molecule has 1 atom stereocenters. The SMILES string of the molecule is CCCCCCCCCCCCCCCCCCCCCC(=O)OC[C@H](COC(=O)CCCCCCCCCCCCCC(C)C)OC(=O)CCCCCCCCCCCCCCCCC. The van der Waals surface area contributed by atoms with Crippen LogP contribution in [0.3, 0.4) is 0 Å². The Labute approximate surface area is 412 Å². The topological polar surface area (TPSA) is 78.9 Å². The molecular formula is C60H116O6. The van der Waals surface area contributed by atoms with E-state index in [2.05, 4.69) is 27.7 Å². The van der Waals surface area contributed by atoms with Gasteiger partial charge in [0.15, 0.2) is 6.10 Å². The first-order valence-corrected chi connectivity index (χ1v) is 29.9. The molecule has 0 spiro atoms. The number of carbonyl (C=O) groups is 3. The van der Waals surface area contributed by atoms with E-state index in [0.29, 0.717) is 19.3 Å². The molecule has 0 aliphatic carbocycles. The van der Waals surface area contributed by atoms with Gasteiger partial charge in [0.25, 0.3) is 0 Å². The lowest BCUT2D eigenvalue weighted by Gasteiger charge is -2.18. The number of carbonyl (C=O) groups excluding carboxylic acids is 3. The summed E-state index contributed by atoms with van der Waals surface area (Å²) in [5, 5.41) is 0. The van der Waals surface area contributed by atoms with Gasteiger partial charge in [-0.15, -0.1) is 0 Å². The summed E-state index contributed by atoms with van der Waals surface area (Å²) in [7, 11) is 0. The molecule has 0 heterocycles. The fourth-order valence-corrected chi connectivity index (χ4v) is 9.28. The standard InChI is InChI=1S/C60H116O6/c1-5-7-9-11-13-15-17-19-21-22-23-24-26-27-31-35-39-43-47-51-58(61)64-54-57(55-65-59(62)52-48-44-40-36-33-29-30-34-38-42-46-50-56(3)4)66-60(63)53-49-45-41-37-32-28-25-20-18-16-14-12-10-8-6-2/h56-57H,5-55H2,1-4H3/t57-/m1/s1. The van der Waals surface area contributed by atoms with E-state index in [4.69, 9.17) is 14.2 Å². The van der Waals surface area contributed by atoms with Crippen LogP contribution in [0.2, 0.25) is 0 Å². The quantitative estimate of drug-likeness (QED) is 0.0343. The van der Waals surface area contributed by atoms with Gasteiger partial charge in [-0.3, -0.25) is 14.4 Å². The molecule has 6 heteroatoms. The summed E-state index contributed by atoms with van der Waals surface area (Å²) in [6.45, 7) is 9.06. The molecule has 0 saturated heterocycles. The molecule has 0 aliphatic rings. The summed E-state index contributed by atoms with van der Waals surface area (Å²) in [4.78, 5) is 38.2. The third-order valence-electron chi connectivity index (χ3n) is 13.8. The van der Waals surface area contributed by atoms with E-state index < -0.39 is 6.10 Å². The first-order chi connectivity index (χ1) is 32.4. The molecule has 0 unspecified atom stereocenters. The van der Waals surface area contributed by atoms with Gasteiger partial charge in [0.05, 0.1) is 0 Å². The molecule has 0 amide bonds. The van der Waals surface area contributed by atoms with Gasteiger partial charge in [0, 0.05) is 19.3 Å². The van der Waals surface area contributed by atoms with E-state index in [1.54, 1.807) is 0 Å². The van der Waals surface area contributed by atoms with Crippen LogP contribution in [0.25, 0.3) is 0 Å². The Morgan fingerprint density at radius 1 is 0.288 bits per heavy atom. The minimum absolute atomic E-state index is 0.0617. The second kappa shape index (κ2) is 54.4. The van der Waals surface area contributed by atoms with Gasteiger partial charge in [0.1, 0.15) is 13.2 Å². The van der Waals surface area contributed by atoms with Crippen molar-refractivity contribution in [1.29, 1.82) is 0 Å². The Morgan fingerprint density at radius 3 is 0.742 bits per heavy atom. The Hall–Kier alpha value is -1.59. The average molecular weight is 934 g/mol. The van der Waals surface area contributed by atoms with Gasteiger partial charge in [-0.2, -0.15) is 0 Å². The highest BCUT2D eigenvalue weighted by molar-refractivity contribution is 5.71. The van der Waals surface area contributed by atoms with Crippen LogP contribution in [0, 0.1) is 5.92 Å². The maximum Gasteiger partial charge on any atom is 0.306 e. The Morgan fingerprint density at radius 2 is 0.500 bits per heavy atom. The second-order valence-electron chi connectivity index (χ2n) is 21.1. The molecule has 0 aliphatic heterocycles. The smallest absolute Gasteiger partial charge is 0.306 e. The van der Waals surface area contributed by atoms with E-state index in [1.807, 2.05) is 0 Å². The van der Waals surface area contributed by atoms with Crippen molar-refractivity contribution in [3.63, 3.8) is 0 Å². The van der Waals surface area contributed by atoms with Crippen LogP contribution >= 0.6 is 0 Å². The number of hydrogen-bond acceptors (Lipinski definition) is 6. The third kappa shape index (κ3) is 53.4. The van der Waals surface area contributed by atoms with Gasteiger partial charge in [-0.25, -0.2) is 0 Å². The number of hydrogen-bond donors (Lipinski definition) is 0. The van der Waals surface area contributed by atoms with E-state index in [1.165, 1.54) is 238 Å². The van der Waals surface area contributed by atoms with Crippen molar-refractivity contribution in [3.8, 4) is 0 Å². The number of unbranched alkanes of at least 4 members (excludes halogenated alkanes) is 42. The number of esters is 3. The van der Waals surface area contributed by atoms with Gasteiger partial charge in [-0.05, 0) is 25.2 Å². The highest BCUT2D eigenvalue weighted by Crippen LogP contribution is 2.18. The fourth-order valence-electron chi connectivity index (χ4n) is 9.28. The molecule has 0 rings (SSSR count). The van der Waals surface area contributed by atoms with Crippen LogP contribution in [0.5, 0.6) is 0 Å². The summed E-state index contributed by atoms with van der Waals surface area (Å²) in [5.41, 5.74) is 0. The van der Waals surface area contributed by atoms with E-state index in [0.717, 1.165) is 63.7 Å². The molecule has 392 valence electrons. The zero-order valence-corrected chi connectivity index (χ0v) is 45.2. The fraction of sp³-hybridized carbons (Fsp3) is 0.950. The van der Waals surface area contributed by atoms with Crippen molar-refractivity contribution in [2.75, 3.05) is 13.2 Å². The Kier molecular flexibility index (Phi) is 53.0. The van der Waals surface area contributed by atoms with Gasteiger partial charge < -0.3 is 14.2 Å². The van der Waals surface area contributed by atoms with Crippen LogP contribution in [-0.2, 0) is 28.6 Å². The largest absolute Gasteiger partial charge is 0.462 e. The molecule has 0 fully saturated rings. The van der Waals surface area contributed by atoms with Crippen molar-refractivity contribution in [1.82, 2.24) is 0 Å². The normalized spacial score (nSPS) is 12.0.